The van der Waals surface area contributed by atoms with Gasteiger partial charge in [-0.25, -0.2) is 4.79 Å². The molecule has 1 unspecified atom stereocenters. The molecule has 0 radical (unpaired) electrons. The summed E-state index contributed by atoms with van der Waals surface area (Å²) >= 11 is 0. The molecule has 0 fully saturated rings. The highest BCUT2D eigenvalue weighted by Gasteiger charge is 2.18. The average molecular weight is 290 g/mol. The first-order valence-electron chi connectivity index (χ1n) is 7.06. The summed E-state index contributed by atoms with van der Waals surface area (Å²) in [6, 6.07) is 8.59. The van der Waals surface area contributed by atoms with E-state index in [1.165, 1.54) is 6.08 Å². The Morgan fingerprint density at radius 2 is 1.86 bits per heavy atom. The summed E-state index contributed by atoms with van der Waals surface area (Å²) in [7, 11) is 0. The number of rotatable bonds is 8. The lowest BCUT2D eigenvalue weighted by atomic mass is 10.0. The highest BCUT2D eigenvalue weighted by Crippen LogP contribution is 2.05. The topological polar surface area (TPSA) is 69.6 Å². The van der Waals surface area contributed by atoms with Crippen LogP contribution in [0, 0.1) is 0 Å². The molecular formula is C16H22N2O3. The number of amides is 1. The fourth-order valence-corrected chi connectivity index (χ4v) is 1.95. The Bertz CT molecular complexity index is 482. The number of carboxylic acid groups (broad SMARTS) is 1. The first-order chi connectivity index (χ1) is 10.1. The Morgan fingerprint density at radius 1 is 1.24 bits per heavy atom. The Labute approximate surface area is 125 Å². The third-order valence-corrected chi connectivity index (χ3v) is 3.19. The lowest BCUT2D eigenvalue weighted by Crippen LogP contribution is -2.41. The van der Waals surface area contributed by atoms with Crippen molar-refractivity contribution in [1.29, 1.82) is 0 Å². The normalized spacial score (nSPS) is 12.1. The number of benzene rings is 1. The van der Waals surface area contributed by atoms with Crippen molar-refractivity contribution >= 4 is 11.9 Å². The summed E-state index contributed by atoms with van der Waals surface area (Å²) in [5, 5.41) is 11.2. The van der Waals surface area contributed by atoms with Crippen LogP contribution in [0.2, 0.25) is 0 Å². The predicted octanol–water partition coefficient (Wildman–Crippen LogP) is 2.29. The van der Waals surface area contributed by atoms with E-state index in [9.17, 15) is 9.59 Å². The molecule has 21 heavy (non-hydrogen) atoms. The van der Waals surface area contributed by atoms with Gasteiger partial charge in [0.25, 0.3) is 0 Å². The first-order valence-corrected chi connectivity index (χ1v) is 7.06. The van der Waals surface area contributed by atoms with Crippen LogP contribution in [-0.2, 0) is 11.2 Å². The van der Waals surface area contributed by atoms with Crippen LogP contribution >= 0.6 is 0 Å². The predicted molar refractivity (Wildman–Crippen MR) is 82.2 cm³/mol. The molecule has 1 amide bonds. The number of hydrogen-bond donors (Lipinski definition) is 2. The Hall–Kier alpha value is -2.30. The van der Waals surface area contributed by atoms with E-state index in [1.54, 1.807) is 6.20 Å². The molecule has 1 aromatic rings. The number of nitrogens with one attached hydrogen (secondary N) is 1. The van der Waals surface area contributed by atoms with Gasteiger partial charge in [-0.1, -0.05) is 30.3 Å². The highest BCUT2D eigenvalue weighted by molar-refractivity contribution is 5.96. The van der Waals surface area contributed by atoms with E-state index < -0.39 is 12.1 Å². The van der Waals surface area contributed by atoms with Crippen LogP contribution in [0.4, 0.5) is 4.79 Å². The van der Waals surface area contributed by atoms with Crippen LogP contribution in [0.3, 0.4) is 0 Å². The lowest BCUT2D eigenvalue weighted by molar-refractivity contribution is -0.116. The summed E-state index contributed by atoms with van der Waals surface area (Å²) < 4.78 is 0. The fourth-order valence-electron chi connectivity index (χ4n) is 1.95. The van der Waals surface area contributed by atoms with Gasteiger partial charge in [-0.05, 0) is 25.5 Å². The first kappa shape index (κ1) is 16.8. The minimum absolute atomic E-state index is 0.242. The molecule has 0 bridgehead atoms. The number of carbonyl (C=O) groups is 2. The SMILES string of the molecule is CCN(C=CC(=O)C(Cc1ccccc1)NC(=O)O)CC. The van der Waals surface area contributed by atoms with E-state index >= 15 is 0 Å². The molecule has 0 spiro atoms. The van der Waals surface area contributed by atoms with Crippen molar-refractivity contribution in [3.63, 3.8) is 0 Å². The van der Waals surface area contributed by atoms with Gasteiger partial charge in [-0.2, -0.15) is 0 Å². The zero-order valence-electron chi connectivity index (χ0n) is 12.5. The van der Waals surface area contributed by atoms with Crippen molar-refractivity contribution in [2.24, 2.45) is 0 Å². The molecule has 5 nitrogen and oxygen atoms in total. The molecule has 0 saturated carbocycles. The van der Waals surface area contributed by atoms with E-state index in [-0.39, 0.29) is 5.78 Å². The van der Waals surface area contributed by atoms with E-state index in [1.807, 2.05) is 49.1 Å². The smallest absolute Gasteiger partial charge is 0.405 e. The molecule has 0 aliphatic carbocycles. The Balaban J connectivity index is 2.77. The van der Waals surface area contributed by atoms with E-state index in [4.69, 9.17) is 5.11 Å². The number of ketones is 1. The highest BCUT2D eigenvalue weighted by atomic mass is 16.4. The van der Waals surface area contributed by atoms with Crippen molar-refractivity contribution in [3.05, 3.63) is 48.2 Å². The fraction of sp³-hybridized carbons (Fsp3) is 0.375. The van der Waals surface area contributed by atoms with Gasteiger partial charge in [0.2, 0.25) is 0 Å². The molecule has 0 aliphatic heterocycles. The van der Waals surface area contributed by atoms with E-state index in [0.29, 0.717) is 6.42 Å². The number of carbonyl (C=O) groups excluding carboxylic acids is 1. The van der Waals surface area contributed by atoms with Crippen molar-refractivity contribution in [3.8, 4) is 0 Å². The molecule has 0 aromatic heterocycles. The van der Waals surface area contributed by atoms with Gasteiger partial charge in [0, 0.05) is 25.7 Å². The van der Waals surface area contributed by atoms with Gasteiger partial charge in [-0.15, -0.1) is 0 Å². The summed E-state index contributed by atoms with van der Waals surface area (Å²) in [5.74, 6) is -0.242. The molecule has 2 N–H and O–H groups in total. The van der Waals surface area contributed by atoms with Gasteiger partial charge >= 0.3 is 6.09 Å². The second-order valence-corrected chi connectivity index (χ2v) is 4.63. The van der Waals surface area contributed by atoms with Crippen molar-refractivity contribution in [2.75, 3.05) is 13.1 Å². The van der Waals surface area contributed by atoms with E-state index in [0.717, 1.165) is 18.7 Å². The molecule has 5 heteroatoms. The number of nitrogens with zero attached hydrogens (tertiary/aromatic N) is 1. The van der Waals surface area contributed by atoms with Crippen molar-refractivity contribution < 1.29 is 14.7 Å². The van der Waals surface area contributed by atoms with Gasteiger partial charge in [0.05, 0.1) is 6.04 Å². The third-order valence-electron chi connectivity index (χ3n) is 3.19. The second-order valence-electron chi connectivity index (χ2n) is 4.63. The molecule has 1 rings (SSSR count). The summed E-state index contributed by atoms with van der Waals surface area (Å²) in [6.07, 6.45) is 2.30. The quantitative estimate of drug-likeness (QED) is 0.721. The Morgan fingerprint density at radius 3 is 2.38 bits per heavy atom. The van der Waals surface area contributed by atoms with Gasteiger partial charge < -0.3 is 15.3 Å². The molecular weight excluding hydrogens is 268 g/mol. The Kier molecular flexibility index (Phi) is 7.01. The van der Waals surface area contributed by atoms with Gasteiger partial charge in [0.1, 0.15) is 0 Å². The standard InChI is InChI=1S/C16H22N2O3/c1-3-18(4-2)11-10-15(19)14(17-16(20)21)12-13-8-6-5-7-9-13/h5-11,14,17H,3-4,12H2,1-2H3,(H,20,21). The third kappa shape index (κ3) is 6.12. The molecule has 1 aromatic carbocycles. The van der Waals surface area contributed by atoms with E-state index in [2.05, 4.69) is 5.32 Å². The van der Waals surface area contributed by atoms with Gasteiger partial charge in [0.15, 0.2) is 5.78 Å². The van der Waals surface area contributed by atoms with Crippen LogP contribution in [0.5, 0.6) is 0 Å². The minimum Gasteiger partial charge on any atom is -0.465 e. The molecule has 0 saturated heterocycles. The van der Waals surface area contributed by atoms with Crippen LogP contribution in [0.15, 0.2) is 42.6 Å². The van der Waals surface area contributed by atoms with Crippen LogP contribution in [0.25, 0.3) is 0 Å². The second kappa shape index (κ2) is 8.79. The summed E-state index contributed by atoms with van der Waals surface area (Å²) in [5.41, 5.74) is 0.917. The monoisotopic (exact) mass is 290 g/mol. The summed E-state index contributed by atoms with van der Waals surface area (Å²) in [6.45, 7) is 5.59. The van der Waals surface area contributed by atoms with Gasteiger partial charge in [-0.3, -0.25) is 4.79 Å². The zero-order valence-corrected chi connectivity index (χ0v) is 12.5. The molecule has 114 valence electrons. The maximum Gasteiger partial charge on any atom is 0.405 e. The minimum atomic E-state index is -1.19. The maximum absolute atomic E-state index is 12.2. The largest absolute Gasteiger partial charge is 0.465 e. The lowest BCUT2D eigenvalue weighted by Gasteiger charge is -2.17. The number of hydrogen-bond acceptors (Lipinski definition) is 3. The van der Waals surface area contributed by atoms with Crippen LogP contribution < -0.4 is 5.32 Å². The van der Waals surface area contributed by atoms with Crippen LogP contribution in [-0.4, -0.2) is 41.0 Å². The molecule has 0 aliphatic rings. The average Bonchev–Trinajstić information content (AvgIpc) is 2.48. The molecule has 0 heterocycles. The van der Waals surface area contributed by atoms with Crippen LogP contribution in [0.1, 0.15) is 19.4 Å². The van der Waals surface area contributed by atoms with Crippen molar-refractivity contribution in [2.45, 2.75) is 26.3 Å². The van der Waals surface area contributed by atoms with Crippen molar-refractivity contribution in [1.82, 2.24) is 10.2 Å². The molecule has 1 atom stereocenters. The zero-order chi connectivity index (χ0) is 15.7. The maximum atomic E-state index is 12.2. The summed E-state index contributed by atoms with van der Waals surface area (Å²) in [4.78, 5) is 25.0.